The van der Waals surface area contributed by atoms with Crippen LogP contribution in [0.4, 0.5) is 0 Å². The van der Waals surface area contributed by atoms with Crippen LogP contribution in [0.2, 0.25) is 0 Å². The van der Waals surface area contributed by atoms with Gasteiger partial charge in [0.25, 0.3) is 0 Å². The van der Waals surface area contributed by atoms with Gasteiger partial charge in [-0.05, 0) is 43.4 Å². The maximum atomic E-state index is 10.8. The van der Waals surface area contributed by atoms with E-state index in [1.54, 1.807) is 0 Å². The molecule has 2 rings (SSSR count). The second kappa shape index (κ2) is 5.61. The topological polar surface area (TPSA) is 44.0 Å². The quantitative estimate of drug-likeness (QED) is 0.806. The third-order valence-electron chi connectivity index (χ3n) is 5.24. The fourth-order valence-electron chi connectivity index (χ4n) is 4.25. The third kappa shape index (κ3) is 2.72. The van der Waals surface area contributed by atoms with Crippen molar-refractivity contribution in [1.29, 1.82) is 5.26 Å². The summed E-state index contributed by atoms with van der Waals surface area (Å²) in [7, 11) is 0. The van der Waals surface area contributed by atoms with E-state index < -0.39 is 11.5 Å². The van der Waals surface area contributed by atoms with E-state index in [1.807, 2.05) is 0 Å². The molecule has 0 aliphatic heterocycles. The predicted molar refractivity (Wildman–Crippen MR) is 72.8 cm³/mol. The summed E-state index contributed by atoms with van der Waals surface area (Å²) in [6.45, 7) is 4.50. The van der Waals surface area contributed by atoms with Crippen LogP contribution < -0.4 is 0 Å². The molecule has 0 saturated heterocycles. The Kier molecular flexibility index (Phi) is 4.33. The summed E-state index contributed by atoms with van der Waals surface area (Å²) >= 11 is 0. The molecule has 0 amide bonds. The van der Waals surface area contributed by atoms with Crippen molar-refractivity contribution in [3.8, 4) is 6.07 Å². The maximum Gasteiger partial charge on any atom is 0.0837 e. The van der Waals surface area contributed by atoms with E-state index in [0.29, 0.717) is 11.8 Å². The molecule has 0 spiro atoms. The molecule has 0 bridgehead atoms. The van der Waals surface area contributed by atoms with Crippen LogP contribution in [0.15, 0.2) is 0 Å². The predicted octanol–water partition coefficient (Wildman–Crippen LogP) is 3.89. The third-order valence-corrected chi connectivity index (χ3v) is 5.24. The first-order chi connectivity index (χ1) is 8.57. The van der Waals surface area contributed by atoms with Crippen molar-refractivity contribution < 1.29 is 5.11 Å². The second-order valence-corrected chi connectivity index (χ2v) is 6.95. The molecule has 2 saturated carbocycles. The molecule has 2 aliphatic rings. The Morgan fingerprint density at radius 1 is 1.17 bits per heavy atom. The average Bonchev–Trinajstić information content (AvgIpc) is 2.37. The lowest BCUT2D eigenvalue weighted by Crippen LogP contribution is -2.43. The minimum absolute atomic E-state index is 0.360. The highest BCUT2D eigenvalue weighted by atomic mass is 16.3. The fraction of sp³-hybridized carbons (Fsp3) is 0.938. The summed E-state index contributed by atoms with van der Waals surface area (Å²) in [4.78, 5) is 0. The lowest BCUT2D eigenvalue weighted by molar-refractivity contribution is -0.0339. The first-order valence-corrected chi connectivity index (χ1v) is 7.67. The van der Waals surface area contributed by atoms with Crippen LogP contribution in [0.25, 0.3) is 0 Å². The molecule has 5 atom stereocenters. The zero-order valence-corrected chi connectivity index (χ0v) is 11.9. The highest BCUT2D eigenvalue weighted by molar-refractivity contribution is 5.07. The fourth-order valence-corrected chi connectivity index (χ4v) is 4.25. The number of nitriles is 1. The lowest BCUT2D eigenvalue weighted by atomic mass is 9.62. The molecule has 2 aliphatic carbocycles. The minimum Gasteiger partial charge on any atom is -0.391 e. The first kappa shape index (κ1) is 13.9. The summed E-state index contributed by atoms with van der Waals surface area (Å²) in [6.07, 6.45) is 8.47. The molecule has 2 heteroatoms. The van der Waals surface area contributed by atoms with E-state index >= 15 is 0 Å². The van der Waals surface area contributed by atoms with Crippen molar-refractivity contribution in [1.82, 2.24) is 0 Å². The number of hydrogen-bond donors (Lipinski definition) is 1. The maximum absolute atomic E-state index is 10.8. The molecule has 5 unspecified atom stereocenters. The highest BCUT2D eigenvalue weighted by Crippen LogP contribution is 2.46. The summed E-state index contributed by atoms with van der Waals surface area (Å²) in [6, 6.07) is 2.51. The van der Waals surface area contributed by atoms with Crippen molar-refractivity contribution in [2.45, 2.75) is 71.3 Å². The molecular weight excluding hydrogens is 222 g/mol. The number of aliphatic hydroxyl groups excluding tert-OH is 1. The van der Waals surface area contributed by atoms with E-state index in [4.69, 9.17) is 0 Å². The van der Waals surface area contributed by atoms with E-state index in [-0.39, 0.29) is 0 Å². The van der Waals surface area contributed by atoms with Gasteiger partial charge in [-0.25, -0.2) is 0 Å². The first-order valence-electron chi connectivity index (χ1n) is 7.67. The number of hydrogen-bond acceptors (Lipinski definition) is 2. The average molecular weight is 249 g/mol. The second-order valence-electron chi connectivity index (χ2n) is 6.95. The largest absolute Gasteiger partial charge is 0.391 e. The Morgan fingerprint density at radius 2 is 1.89 bits per heavy atom. The zero-order valence-electron chi connectivity index (χ0n) is 11.9. The van der Waals surface area contributed by atoms with Gasteiger partial charge in [0, 0.05) is 0 Å². The summed E-state index contributed by atoms with van der Waals surface area (Å²) in [5, 5.41) is 20.4. The van der Waals surface area contributed by atoms with Gasteiger partial charge in [0.15, 0.2) is 0 Å². The highest BCUT2D eigenvalue weighted by Gasteiger charge is 2.45. The van der Waals surface area contributed by atoms with Gasteiger partial charge >= 0.3 is 0 Å². The van der Waals surface area contributed by atoms with Gasteiger partial charge in [0.05, 0.1) is 17.6 Å². The van der Waals surface area contributed by atoms with E-state index in [1.165, 1.54) is 19.3 Å². The monoisotopic (exact) mass is 249 g/mol. The molecule has 1 N–H and O–H groups in total. The van der Waals surface area contributed by atoms with Crippen molar-refractivity contribution >= 4 is 0 Å². The van der Waals surface area contributed by atoms with Crippen LogP contribution in [0.5, 0.6) is 0 Å². The van der Waals surface area contributed by atoms with Crippen LogP contribution >= 0.6 is 0 Å². The Bertz CT molecular complexity index is 322. The summed E-state index contributed by atoms with van der Waals surface area (Å²) in [5.41, 5.74) is -0.445. The Hall–Kier alpha value is -0.550. The molecule has 0 heterocycles. The van der Waals surface area contributed by atoms with Crippen LogP contribution in [0.1, 0.15) is 65.2 Å². The number of rotatable bonds is 2. The van der Waals surface area contributed by atoms with Gasteiger partial charge in [-0.3, -0.25) is 0 Å². The van der Waals surface area contributed by atoms with Gasteiger partial charge in [0.2, 0.25) is 0 Å². The van der Waals surface area contributed by atoms with E-state index in [2.05, 4.69) is 19.9 Å². The Labute approximate surface area is 111 Å². The minimum atomic E-state index is -0.445. The van der Waals surface area contributed by atoms with E-state index in [0.717, 1.165) is 38.0 Å². The van der Waals surface area contributed by atoms with Crippen molar-refractivity contribution in [3.05, 3.63) is 0 Å². The molecular formula is C16H27NO. The lowest BCUT2D eigenvalue weighted by Gasteiger charge is -2.43. The SMILES string of the molecule is CC1CCCC(C(O)C2(C#N)CCCC(C)C2)C1. The van der Waals surface area contributed by atoms with Crippen LogP contribution in [-0.2, 0) is 0 Å². The summed E-state index contributed by atoms with van der Waals surface area (Å²) < 4.78 is 0. The van der Waals surface area contributed by atoms with Crippen molar-refractivity contribution in [2.24, 2.45) is 23.2 Å². The smallest absolute Gasteiger partial charge is 0.0837 e. The number of aliphatic hydroxyl groups is 1. The van der Waals surface area contributed by atoms with Gasteiger partial charge in [0.1, 0.15) is 0 Å². The van der Waals surface area contributed by atoms with Crippen molar-refractivity contribution in [3.63, 3.8) is 0 Å². The summed E-state index contributed by atoms with van der Waals surface area (Å²) in [5.74, 6) is 1.67. The van der Waals surface area contributed by atoms with Gasteiger partial charge in [-0.15, -0.1) is 0 Å². The molecule has 2 nitrogen and oxygen atoms in total. The normalized spacial score (nSPS) is 43.1. The van der Waals surface area contributed by atoms with Crippen LogP contribution in [0.3, 0.4) is 0 Å². The molecule has 18 heavy (non-hydrogen) atoms. The zero-order chi connectivity index (χ0) is 13.2. The Balaban J connectivity index is 2.09. The van der Waals surface area contributed by atoms with Gasteiger partial charge in [-0.2, -0.15) is 5.26 Å². The molecule has 2 fully saturated rings. The number of nitrogens with zero attached hydrogens (tertiary/aromatic N) is 1. The molecule has 102 valence electrons. The van der Waals surface area contributed by atoms with Gasteiger partial charge < -0.3 is 5.11 Å². The molecule has 0 aromatic carbocycles. The Morgan fingerprint density at radius 3 is 2.50 bits per heavy atom. The molecule has 0 radical (unpaired) electrons. The van der Waals surface area contributed by atoms with Gasteiger partial charge in [-0.1, -0.05) is 39.5 Å². The standard InChI is InChI=1S/C16H27NO/c1-12-5-3-7-14(9-12)15(18)16(11-17)8-4-6-13(2)10-16/h12-15,18H,3-10H2,1-2H3. The van der Waals surface area contributed by atoms with Crippen LogP contribution in [0, 0.1) is 34.5 Å². The van der Waals surface area contributed by atoms with Crippen LogP contribution in [-0.4, -0.2) is 11.2 Å². The molecule has 0 aromatic rings. The van der Waals surface area contributed by atoms with E-state index in [9.17, 15) is 10.4 Å². The molecule has 0 aromatic heterocycles. The van der Waals surface area contributed by atoms with Crippen molar-refractivity contribution in [2.75, 3.05) is 0 Å².